The third kappa shape index (κ3) is 4.28. The van der Waals surface area contributed by atoms with Crippen molar-refractivity contribution in [3.8, 4) is 0 Å². The van der Waals surface area contributed by atoms with Gasteiger partial charge >= 0.3 is 5.97 Å². The van der Waals surface area contributed by atoms with Crippen LogP contribution in [0.5, 0.6) is 0 Å². The van der Waals surface area contributed by atoms with Crippen molar-refractivity contribution < 1.29 is 9.90 Å². The minimum Gasteiger partial charge on any atom is -0.481 e. The van der Waals surface area contributed by atoms with Crippen molar-refractivity contribution >= 4 is 17.3 Å². The van der Waals surface area contributed by atoms with Crippen LogP contribution < -0.4 is 0 Å². The van der Waals surface area contributed by atoms with E-state index >= 15 is 0 Å². The van der Waals surface area contributed by atoms with Crippen LogP contribution in [0.3, 0.4) is 0 Å². The predicted octanol–water partition coefficient (Wildman–Crippen LogP) is 2.58. The predicted molar refractivity (Wildman–Crippen MR) is 76.7 cm³/mol. The van der Waals surface area contributed by atoms with E-state index in [1.807, 2.05) is 6.20 Å². The maximum atomic E-state index is 10.6. The average molecular weight is 282 g/mol. The lowest BCUT2D eigenvalue weighted by Crippen LogP contribution is -2.40. The summed E-state index contributed by atoms with van der Waals surface area (Å²) in [4.78, 5) is 18.6. The van der Waals surface area contributed by atoms with Crippen molar-refractivity contribution in [1.29, 1.82) is 0 Å². The lowest BCUT2D eigenvalue weighted by Gasteiger charge is -2.34. The Morgan fingerprint density at radius 2 is 2.42 bits per heavy atom. The molecule has 1 saturated heterocycles. The van der Waals surface area contributed by atoms with Crippen molar-refractivity contribution in [3.05, 3.63) is 16.1 Å². The molecule has 2 heterocycles. The summed E-state index contributed by atoms with van der Waals surface area (Å²) >= 11 is 1.68. The number of aromatic nitrogens is 1. The van der Waals surface area contributed by atoms with E-state index in [1.165, 1.54) is 25.8 Å². The fourth-order valence-corrected chi connectivity index (χ4v) is 3.69. The molecule has 1 aromatic heterocycles. The normalized spacial score (nSPS) is 20.6. The van der Waals surface area contributed by atoms with Crippen LogP contribution in [0.4, 0.5) is 0 Å². The molecule has 4 nitrogen and oxygen atoms in total. The first kappa shape index (κ1) is 14.5. The van der Waals surface area contributed by atoms with Crippen LogP contribution in [0.25, 0.3) is 0 Å². The lowest BCUT2D eigenvalue weighted by atomic mass is 10.00. The highest BCUT2D eigenvalue weighted by atomic mass is 32.1. The number of carboxylic acid groups (broad SMARTS) is 1. The Hall–Kier alpha value is -0.940. The zero-order chi connectivity index (χ0) is 13.7. The van der Waals surface area contributed by atoms with Gasteiger partial charge in [0.1, 0.15) is 0 Å². The van der Waals surface area contributed by atoms with Crippen molar-refractivity contribution in [2.24, 2.45) is 0 Å². The number of hydrogen-bond donors (Lipinski definition) is 1. The fraction of sp³-hybridized carbons (Fsp3) is 0.714. The van der Waals surface area contributed by atoms with E-state index in [0.29, 0.717) is 12.5 Å². The quantitative estimate of drug-likeness (QED) is 0.871. The van der Waals surface area contributed by atoms with Crippen LogP contribution in [0.2, 0.25) is 0 Å². The number of nitrogens with zero attached hydrogens (tertiary/aromatic N) is 2. The SMILES string of the molecule is CCN1CCCCC1Cc1ncc(CCC(=O)O)s1. The van der Waals surface area contributed by atoms with Crippen LogP contribution in [-0.2, 0) is 17.6 Å². The number of hydrogen-bond acceptors (Lipinski definition) is 4. The molecule has 19 heavy (non-hydrogen) atoms. The lowest BCUT2D eigenvalue weighted by molar-refractivity contribution is -0.136. The van der Waals surface area contributed by atoms with Gasteiger partial charge in [0.05, 0.1) is 11.4 Å². The Morgan fingerprint density at radius 3 is 3.16 bits per heavy atom. The molecule has 2 rings (SSSR count). The highest BCUT2D eigenvalue weighted by Crippen LogP contribution is 2.23. The largest absolute Gasteiger partial charge is 0.481 e. The molecule has 1 fully saturated rings. The van der Waals surface area contributed by atoms with E-state index < -0.39 is 5.97 Å². The molecule has 1 aromatic rings. The van der Waals surface area contributed by atoms with Gasteiger partial charge in [-0.2, -0.15) is 0 Å². The number of likely N-dealkylation sites (N-methyl/N-ethyl adjacent to an activating group) is 1. The molecule has 0 bridgehead atoms. The smallest absolute Gasteiger partial charge is 0.303 e. The second kappa shape index (κ2) is 7.01. The third-order valence-electron chi connectivity index (χ3n) is 3.75. The van der Waals surface area contributed by atoms with Crippen molar-refractivity contribution in [2.45, 2.75) is 51.5 Å². The summed E-state index contributed by atoms with van der Waals surface area (Å²) in [6.45, 7) is 4.54. The second-order valence-electron chi connectivity index (χ2n) is 5.10. The first-order chi connectivity index (χ1) is 9.19. The van der Waals surface area contributed by atoms with Gasteiger partial charge in [-0.05, 0) is 32.4 Å². The molecular formula is C14H22N2O2S. The zero-order valence-corrected chi connectivity index (χ0v) is 12.3. The maximum absolute atomic E-state index is 10.6. The van der Waals surface area contributed by atoms with Crippen molar-refractivity contribution in [3.63, 3.8) is 0 Å². The Bertz CT molecular complexity index is 419. The van der Waals surface area contributed by atoms with E-state index in [9.17, 15) is 4.79 Å². The molecule has 0 aliphatic carbocycles. The van der Waals surface area contributed by atoms with Gasteiger partial charge in [-0.1, -0.05) is 13.3 Å². The molecule has 0 aromatic carbocycles. The van der Waals surface area contributed by atoms with Gasteiger partial charge in [-0.3, -0.25) is 4.79 Å². The Balaban J connectivity index is 1.89. The number of carboxylic acids is 1. The Morgan fingerprint density at radius 1 is 1.58 bits per heavy atom. The van der Waals surface area contributed by atoms with Gasteiger partial charge < -0.3 is 10.0 Å². The molecule has 5 heteroatoms. The molecule has 1 unspecified atom stereocenters. The van der Waals surface area contributed by atoms with Crippen LogP contribution in [0.1, 0.15) is 42.5 Å². The summed E-state index contributed by atoms with van der Waals surface area (Å²) in [5, 5.41) is 9.84. The van der Waals surface area contributed by atoms with Crippen LogP contribution in [-0.4, -0.2) is 40.1 Å². The Labute approximate surface area is 118 Å². The van der Waals surface area contributed by atoms with Crippen LogP contribution >= 0.6 is 11.3 Å². The molecule has 0 spiro atoms. The van der Waals surface area contributed by atoms with E-state index in [4.69, 9.17) is 5.11 Å². The third-order valence-corrected chi connectivity index (χ3v) is 4.83. The van der Waals surface area contributed by atoms with Gasteiger partial charge in [0.15, 0.2) is 0 Å². The van der Waals surface area contributed by atoms with E-state index in [2.05, 4.69) is 16.8 Å². The molecule has 106 valence electrons. The van der Waals surface area contributed by atoms with E-state index in [-0.39, 0.29) is 6.42 Å². The standard InChI is InChI=1S/C14H22N2O2S/c1-2-16-8-4-3-5-11(16)9-13-15-10-12(19-13)6-7-14(17)18/h10-11H,2-9H2,1H3,(H,17,18). The Kier molecular flexibility index (Phi) is 5.34. The molecule has 1 N–H and O–H groups in total. The molecule has 1 aliphatic rings. The number of rotatable bonds is 6. The molecule has 0 saturated carbocycles. The number of likely N-dealkylation sites (tertiary alicyclic amines) is 1. The average Bonchev–Trinajstić information content (AvgIpc) is 2.85. The number of carbonyl (C=O) groups is 1. The minimum absolute atomic E-state index is 0.201. The first-order valence-corrected chi connectivity index (χ1v) is 7.90. The van der Waals surface area contributed by atoms with Gasteiger partial charge in [0.2, 0.25) is 0 Å². The summed E-state index contributed by atoms with van der Waals surface area (Å²) in [5.74, 6) is -0.737. The number of aliphatic carboxylic acids is 1. The molecule has 0 amide bonds. The topological polar surface area (TPSA) is 53.4 Å². The minimum atomic E-state index is -0.737. The zero-order valence-electron chi connectivity index (χ0n) is 11.5. The maximum Gasteiger partial charge on any atom is 0.303 e. The number of aryl methyl sites for hydroxylation is 1. The van der Waals surface area contributed by atoms with Crippen molar-refractivity contribution in [1.82, 2.24) is 9.88 Å². The van der Waals surface area contributed by atoms with E-state index in [0.717, 1.165) is 22.9 Å². The molecule has 1 aliphatic heterocycles. The monoisotopic (exact) mass is 282 g/mol. The highest BCUT2D eigenvalue weighted by molar-refractivity contribution is 7.11. The summed E-state index contributed by atoms with van der Waals surface area (Å²) in [7, 11) is 0. The van der Waals surface area contributed by atoms with Crippen LogP contribution in [0.15, 0.2) is 6.20 Å². The molecule has 1 atom stereocenters. The number of piperidine rings is 1. The highest BCUT2D eigenvalue weighted by Gasteiger charge is 2.22. The first-order valence-electron chi connectivity index (χ1n) is 7.08. The summed E-state index contributed by atoms with van der Waals surface area (Å²) < 4.78 is 0. The summed E-state index contributed by atoms with van der Waals surface area (Å²) in [6.07, 6.45) is 7.57. The van der Waals surface area contributed by atoms with Crippen LogP contribution in [0, 0.1) is 0 Å². The van der Waals surface area contributed by atoms with Gasteiger partial charge in [-0.25, -0.2) is 4.98 Å². The summed E-state index contributed by atoms with van der Waals surface area (Å²) in [5.41, 5.74) is 0. The van der Waals surface area contributed by atoms with E-state index in [1.54, 1.807) is 11.3 Å². The molecular weight excluding hydrogens is 260 g/mol. The summed E-state index contributed by atoms with van der Waals surface area (Å²) in [6, 6.07) is 0.622. The van der Waals surface area contributed by atoms with Gasteiger partial charge in [0, 0.05) is 23.5 Å². The van der Waals surface area contributed by atoms with Gasteiger partial charge in [0.25, 0.3) is 0 Å². The van der Waals surface area contributed by atoms with Crippen molar-refractivity contribution in [2.75, 3.05) is 13.1 Å². The van der Waals surface area contributed by atoms with Gasteiger partial charge in [-0.15, -0.1) is 11.3 Å². The fourth-order valence-electron chi connectivity index (χ4n) is 2.70. The second-order valence-corrected chi connectivity index (χ2v) is 6.30. The number of thiazole rings is 1. The molecule has 0 radical (unpaired) electrons.